The van der Waals surface area contributed by atoms with Gasteiger partial charge in [-0.25, -0.2) is 4.39 Å². The largest absolute Gasteiger partial charge is 0.481 e. The third-order valence-electron chi connectivity index (χ3n) is 6.62. The molecule has 1 N–H and O–H groups in total. The Balaban J connectivity index is 1.55. The topological polar surface area (TPSA) is 92.5 Å². The van der Waals surface area contributed by atoms with Gasteiger partial charge in [0, 0.05) is 55.9 Å². The summed E-state index contributed by atoms with van der Waals surface area (Å²) in [6.07, 6.45) is 7.66. The van der Waals surface area contributed by atoms with Crippen molar-refractivity contribution in [3.8, 4) is 0 Å². The minimum Gasteiger partial charge on any atom is -0.481 e. The highest BCUT2D eigenvalue weighted by Gasteiger charge is 2.41. The summed E-state index contributed by atoms with van der Waals surface area (Å²) in [6, 6.07) is 7.76. The summed E-state index contributed by atoms with van der Waals surface area (Å²) in [5, 5.41) is 13.4. The molecule has 2 unspecified atom stereocenters. The monoisotopic (exact) mass is 513 g/mol. The van der Waals surface area contributed by atoms with Gasteiger partial charge in [-0.1, -0.05) is 30.0 Å². The molecule has 2 aliphatic rings. The van der Waals surface area contributed by atoms with Crippen LogP contribution in [0.2, 0.25) is 0 Å². The van der Waals surface area contributed by atoms with Crippen molar-refractivity contribution in [3.05, 3.63) is 59.2 Å². The van der Waals surface area contributed by atoms with Gasteiger partial charge in [0.05, 0.1) is 11.7 Å². The van der Waals surface area contributed by atoms with Crippen LogP contribution in [-0.2, 0) is 20.9 Å². The van der Waals surface area contributed by atoms with Gasteiger partial charge in [-0.15, -0.1) is 0 Å². The van der Waals surface area contributed by atoms with E-state index in [1.54, 1.807) is 29.8 Å². The predicted molar refractivity (Wildman–Crippen MR) is 137 cm³/mol. The summed E-state index contributed by atoms with van der Waals surface area (Å²) >= 11 is 1.29. The van der Waals surface area contributed by atoms with Crippen LogP contribution in [0.3, 0.4) is 0 Å². The number of Topliss-reactive ketones (excluding diaryl/α,β-unsaturated/α-hetero) is 1. The van der Waals surface area contributed by atoms with Crippen LogP contribution >= 0.6 is 11.8 Å². The van der Waals surface area contributed by atoms with Crippen LogP contribution in [0, 0.1) is 11.7 Å². The Bertz CT molecular complexity index is 1140. The number of piperidine rings is 1. The van der Waals surface area contributed by atoms with Crippen molar-refractivity contribution in [2.24, 2.45) is 5.92 Å². The molecular formula is C27H32FN3O4S. The van der Waals surface area contributed by atoms with E-state index in [-0.39, 0.29) is 34.3 Å². The average Bonchev–Trinajstić information content (AvgIpc) is 3.59. The van der Waals surface area contributed by atoms with E-state index in [2.05, 4.69) is 5.10 Å². The molecule has 36 heavy (non-hydrogen) atoms. The Hall–Kier alpha value is -2.78. The van der Waals surface area contributed by atoms with Crippen LogP contribution in [-0.4, -0.2) is 55.0 Å². The molecule has 2 atom stereocenters. The van der Waals surface area contributed by atoms with Gasteiger partial charge >= 0.3 is 5.97 Å². The zero-order valence-corrected chi connectivity index (χ0v) is 21.3. The Kier molecular flexibility index (Phi) is 8.74. The van der Waals surface area contributed by atoms with E-state index in [4.69, 9.17) is 5.11 Å². The van der Waals surface area contributed by atoms with Crippen LogP contribution in [0.25, 0.3) is 6.08 Å². The number of carbonyl (C=O) groups is 3. The predicted octanol–water partition coefficient (Wildman–Crippen LogP) is 4.73. The van der Waals surface area contributed by atoms with Gasteiger partial charge in [0.2, 0.25) is 0 Å². The van der Waals surface area contributed by atoms with Crippen molar-refractivity contribution < 1.29 is 23.9 Å². The second-order valence-corrected chi connectivity index (χ2v) is 10.9. The highest BCUT2D eigenvalue weighted by molar-refractivity contribution is 8.14. The van der Waals surface area contributed by atoms with Gasteiger partial charge in [0.1, 0.15) is 5.82 Å². The number of nitrogens with zero attached hydrogens (tertiary/aromatic N) is 3. The maximum atomic E-state index is 14.8. The second-order valence-electron chi connectivity index (χ2n) is 9.53. The minimum absolute atomic E-state index is 0.0109. The van der Waals surface area contributed by atoms with E-state index in [1.807, 2.05) is 23.2 Å². The van der Waals surface area contributed by atoms with Crippen molar-refractivity contribution in [1.29, 1.82) is 0 Å². The van der Waals surface area contributed by atoms with Gasteiger partial charge in [0.25, 0.3) is 0 Å². The molecule has 0 radical (unpaired) electrons. The molecule has 2 aromatic rings. The lowest BCUT2D eigenvalue weighted by atomic mass is 9.93. The molecule has 4 rings (SSSR count). The fourth-order valence-electron chi connectivity index (χ4n) is 4.71. The van der Waals surface area contributed by atoms with Gasteiger partial charge < -0.3 is 5.11 Å². The highest BCUT2D eigenvalue weighted by Crippen LogP contribution is 2.40. The van der Waals surface area contributed by atoms with Crippen molar-refractivity contribution in [3.63, 3.8) is 0 Å². The SMILES string of the molecule is CC(=O)SC1CCN(C(C(=O)C2CC2)c2ccccc2F)C/C1=C/c1ccn(CCCCC(=O)O)n1. The quantitative estimate of drug-likeness (QED) is 0.434. The number of rotatable bonds is 11. The second kappa shape index (κ2) is 12.0. The maximum Gasteiger partial charge on any atom is 0.303 e. The van der Waals surface area contributed by atoms with Gasteiger partial charge in [0.15, 0.2) is 10.9 Å². The lowest BCUT2D eigenvalue weighted by Gasteiger charge is -2.38. The molecule has 2 fully saturated rings. The van der Waals surface area contributed by atoms with Crippen molar-refractivity contribution in [1.82, 2.24) is 14.7 Å². The van der Waals surface area contributed by atoms with Crippen molar-refractivity contribution in [2.45, 2.75) is 63.3 Å². The van der Waals surface area contributed by atoms with Gasteiger partial charge in [-0.05, 0) is 55.9 Å². The summed E-state index contributed by atoms with van der Waals surface area (Å²) in [5.41, 5.74) is 2.15. The number of carboxylic acids is 1. The standard InChI is InChI=1S/C27H32FN3O4S/c1-18(32)36-24-12-14-30(26(27(35)19-9-10-19)22-6-2-3-7-23(22)28)17-20(24)16-21-11-15-31(29-21)13-5-4-8-25(33)34/h2-3,6-7,11,15-16,19,24,26H,4-5,8-10,12-14,17H2,1H3,(H,33,34)/b20-16-. The van der Waals surface area contributed by atoms with Crippen LogP contribution in [0.1, 0.15) is 62.7 Å². The molecular weight excluding hydrogens is 481 g/mol. The number of hydrogen-bond donors (Lipinski definition) is 1. The van der Waals surface area contributed by atoms with E-state index in [9.17, 15) is 18.8 Å². The number of likely N-dealkylation sites (tertiary alicyclic amines) is 1. The Morgan fingerprint density at radius 1 is 1.19 bits per heavy atom. The maximum absolute atomic E-state index is 14.8. The number of aryl methyl sites for hydroxylation is 1. The number of aliphatic carboxylic acids is 1. The summed E-state index contributed by atoms with van der Waals surface area (Å²) in [5.74, 6) is -1.11. The van der Waals surface area contributed by atoms with Crippen LogP contribution in [0.5, 0.6) is 0 Å². The highest BCUT2D eigenvalue weighted by atomic mass is 32.2. The van der Waals surface area contributed by atoms with Crippen LogP contribution in [0.4, 0.5) is 4.39 Å². The first-order valence-corrected chi connectivity index (χ1v) is 13.3. The molecule has 1 aliphatic heterocycles. The Morgan fingerprint density at radius 3 is 2.67 bits per heavy atom. The minimum atomic E-state index is -0.800. The molecule has 0 bridgehead atoms. The lowest BCUT2D eigenvalue weighted by Crippen LogP contribution is -2.43. The number of carbonyl (C=O) groups excluding carboxylic acids is 2. The van der Waals surface area contributed by atoms with Crippen molar-refractivity contribution in [2.75, 3.05) is 13.1 Å². The summed E-state index contributed by atoms with van der Waals surface area (Å²) in [4.78, 5) is 38.0. The molecule has 1 aliphatic carbocycles. The first-order chi connectivity index (χ1) is 17.3. The Morgan fingerprint density at radius 2 is 1.97 bits per heavy atom. The molecule has 7 nitrogen and oxygen atoms in total. The van der Waals surface area contributed by atoms with E-state index >= 15 is 0 Å². The fraction of sp³-hybridized carbons (Fsp3) is 0.481. The van der Waals surface area contributed by atoms with Crippen LogP contribution in [0.15, 0.2) is 42.1 Å². The molecule has 1 saturated carbocycles. The van der Waals surface area contributed by atoms with E-state index in [1.165, 1.54) is 17.8 Å². The normalized spacial score (nSPS) is 20.4. The molecule has 1 aromatic carbocycles. The molecule has 0 amide bonds. The third kappa shape index (κ3) is 6.91. The number of carboxylic acid groups (broad SMARTS) is 1. The Labute approximate surface area is 214 Å². The summed E-state index contributed by atoms with van der Waals surface area (Å²) in [6.45, 7) is 3.23. The zero-order valence-electron chi connectivity index (χ0n) is 20.4. The summed E-state index contributed by atoms with van der Waals surface area (Å²) in [7, 11) is 0. The molecule has 9 heteroatoms. The molecule has 0 spiro atoms. The molecule has 2 heterocycles. The van der Waals surface area contributed by atoms with Crippen LogP contribution < -0.4 is 0 Å². The molecule has 1 aromatic heterocycles. The van der Waals surface area contributed by atoms with E-state index < -0.39 is 12.0 Å². The molecule has 192 valence electrons. The number of aromatic nitrogens is 2. The number of benzene rings is 1. The molecule has 1 saturated heterocycles. The summed E-state index contributed by atoms with van der Waals surface area (Å²) < 4.78 is 16.6. The first kappa shape index (κ1) is 26.3. The zero-order chi connectivity index (χ0) is 25.7. The number of halogens is 1. The van der Waals surface area contributed by atoms with Gasteiger partial charge in [-0.3, -0.25) is 24.0 Å². The first-order valence-electron chi connectivity index (χ1n) is 12.5. The number of unbranched alkanes of at least 4 members (excludes halogenated alkanes) is 1. The van der Waals surface area contributed by atoms with Crippen molar-refractivity contribution >= 4 is 34.7 Å². The fourth-order valence-corrected chi connectivity index (χ4v) is 5.63. The average molecular weight is 514 g/mol. The number of ketones is 1. The van der Waals surface area contributed by atoms with Gasteiger partial charge in [-0.2, -0.15) is 5.10 Å². The third-order valence-corrected chi connectivity index (χ3v) is 7.78. The van der Waals surface area contributed by atoms with E-state index in [0.29, 0.717) is 44.5 Å². The number of hydrogen-bond acceptors (Lipinski definition) is 6. The lowest BCUT2D eigenvalue weighted by molar-refractivity contribution is -0.137. The van der Waals surface area contributed by atoms with E-state index in [0.717, 1.165) is 24.1 Å². The smallest absolute Gasteiger partial charge is 0.303 e. The number of thioether (sulfide) groups is 1.